The van der Waals surface area contributed by atoms with Gasteiger partial charge in [0, 0.05) is 23.6 Å². The smallest absolute Gasteiger partial charge is 0.337 e. The lowest BCUT2D eigenvalue weighted by Crippen LogP contribution is -2.19. The Kier molecular flexibility index (Phi) is 5.34. The van der Waals surface area contributed by atoms with E-state index in [1.54, 1.807) is 35.1 Å². The second-order valence-electron chi connectivity index (χ2n) is 6.77. The molecule has 1 N–H and O–H groups in total. The molecule has 7 heteroatoms. The number of amides is 1. The van der Waals surface area contributed by atoms with E-state index >= 15 is 0 Å². The van der Waals surface area contributed by atoms with Gasteiger partial charge in [0.1, 0.15) is 17.2 Å². The summed E-state index contributed by atoms with van der Waals surface area (Å²) in [4.78, 5) is 25.1. The minimum Gasteiger partial charge on any atom is -0.494 e. The van der Waals surface area contributed by atoms with Crippen molar-refractivity contribution in [2.24, 2.45) is 0 Å². The van der Waals surface area contributed by atoms with Gasteiger partial charge in [0.2, 0.25) is 0 Å². The molecule has 0 fully saturated rings. The van der Waals surface area contributed by atoms with Gasteiger partial charge in [0.15, 0.2) is 0 Å². The van der Waals surface area contributed by atoms with E-state index in [4.69, 9.17) is 9.15 Å². The fourth-order valence-corrected chi connectivity index (χ4v) is 3.37. The molecule has 1 unspecified atom stereocenters. The zero-order valence-corrected chi connectivity index (χ0v) is 16.7. The molecule has 0 saturated heterocycles. The van der Waals surface area contributed by atoms with Gasteiger partial charge < -0.3 is 14.5 Å². The molecule has 1 atom stereocenters. The molecule has 4 aromatic rings. The largest absolute Gasteiger partial charge is 0.494 e. The maximum absolute atomic E-state index is 13.0. The highest BCUT2D eigenvalue weighted by Gasteiger charge is 2.18. The van der Waals surface area contributed by atoms with Crippen molar-refractivity contribution >= 4 is 22.7 Å². The van der Waals surface area contributed by atoms with Crippen LogP contribution in [0.15, 0.2) is 76.1 Å². The van der Waals surface area contributed by atoms with Gasteiger partial charge in [-0.15, -0.1) is 0 Å². The molecule has 0 spiro atoms. The van der Waals surface area contributed by atoms with Gasteiger partial charge in [0.05, 0.1) is 24.4 Å². The molecule has 2 aromatic carbocycles. The standard InChI is InChI=1S/C23H21N3O4/c1-3-29-17-9-10-18-19(14-22(27)30-20(18)13-17)23(28)25-21-11-12-24-26(21)15(2)16-7-5-4-6-8-16/h4-15H,3H2,1-2H3,(H,25,28). The maximum atomic E-state index is 13.0. The number of hydrogen-bond donors (Lipinski definition) is 1. The highest BCUT2D eigenvalue weighted by molar-refractivity contribution is 6.11. The third kappa shape index (κ3) is 3.82. The van der Waals surface area contributed by atoms with Crippen LogP contribution in [-0.2, 0) is 0 Å². The van der Waals surface area contributed by atoms with Crippen molar-refractivity contribution in [3.8, 4) is 5.75 Å². The van der Waals surface area contributed by atoms with Crippen molar-refractivity contribution in [2.75, 3.05) is 11.9 Å². The van der Waals surface area contributed by atoms with Gasteiger partial charge in [-0.1, -0.05) is 30.3 Å². The lowest BCUT2D eigenvalue weighted by Gasteiger charge is -2.16. The average molecular weight is 403 g/mol. The molecule has 7 nitrogen and oxygen atoms in total. The summed E-state index contributed by atoms with van der Waals surface area (Å²) >= 11 is 0. The first-order valence-corrected chi connectivity index (χ1v) is 9.67. The molecule has 1 amide bonds. The lowest BCUT2D eigenvalue weighted by atomic mass is 10.1. The van der Waals surface area contributed by atoms with E-state index in [-0.39, 0.29) is 11.6 Å². The van der Waals surface area contributed by atoms with Gasteiger partial charge in [-0.05, 0) is 31.5 Å². The Labute approximate surface area is 172 Å². The predicted octanol–water partition coefficient (Wildman–Crippen LogP) is 4.25. The number of nitrogens with zero attached hydrogens (tertiary/aromatic N) is 2. The minimum absolute atomic E-state index is 0.0807. The normalized spacial score (nSPS) is 11.9. The van der Waals surface area contributed by atoms with E-state index in [2.05, 4.69) is 10.4 Å². The van der Waals surface area contributed by atoms with Crippen LogP contribution in [0.2, 0.25) is 0 Å². The van der Waals surface area contributed by atoms with Crippen LogP contribution >= 0.6 is 0 Å². The van der Waals surface area contributed by atoms with Crippen LogP contribution < -0.4 is 15.7 Å². The molecule has 2 aromatic heterocycles. The Morgan fingerprint density at radius 2 is 1.97 bits per heavy atom. The molecule has 0 saturated carbocycles. The molecule has 0 aliphatic carbocycles. The predicted molar refractivity (Wildman–Crippen MR) is 114 cm³/mol. The third-order valence-electron chi connectivity index (χ3n) is 4.83. The fraction of sp³-hybridized carbons (Fsp3) is 0.174. The second-order valence-corrected chi connectivity index (χ2v) is 6.77. The zero-order valence-electron chi connectivity index (χ0n) is 16.7. The minimum atomic E-state index is -0.604. The summed E-state index contributed by atoms with van der Waals surface area (Å²) in [6, 6.07) is 17.8. The van der Waals surface area contributed by atoms with E-state index < -0.39 is 11.5 Å². The first kappa shape index (κ1) is 19.4. The van der Waals surface area contributed by atoms with E-state index in [0.717, 1.165) is 5.56 Å². The summed E-state index contributed by atoms with van der Waals surface area (Å²) in [5, 5.41) is 7.75. The Bertz CT molecular complexity index is 1240. The summed E-state index contributed by atoms with van der Waals surface area (Å²) < 4.78 is 12.4. The Morgan fingerprint density at radius 3 is 2.73 bits per heavy atom. The van der Waals surface area contributed by atoms with Crippen LogP contribution in [0, 0.1) is 0 Å². The average Bonchev–Trinajstić information content (AvgIpc) is 3.21. The molecule has 2 heterocycles. The number of carbonyl (C=O) groups is 1. The van der Waals surface area contributed by atoms with Crippen LogP contribution in [-0.4, -0.2) is 22.3 Å². The van der Waals surface area contributed by atoms with Crippen molar-refractivity contribution < 1.29 is 13.9 Å². The van der Waals surface area contributed by atoms with E-state index in [1.807, 2.05) is 44.2 Å². The third-order valence-corrected chi connectivity index (χ3v) is 4.83. The molecular weight excluding hydrogens is 382 g/mol. The molecule has 4 rings (SSSR count). The van der Waals surface area contributed by atoms with Crippen LogP contribution in [0.1, 0.15) is 35.8 Å². The number of carbonyl (C=O) groups excluding carboxylic acids is 1. The molecular formula is C23H21N3O4. The number of ether oxygens (including phenoxy) is 1. The number of hydrogen-bond acceptors (Lipinski definition) is 5. The Balaban J connectivity index is 1.66. The molecule has 0 radical (unpaired) electrons. The number of benzene rings is 2. The quantitative estimate of drug-likeness (QED) is 0.487. The zero-order chi connectivity index (χ0) is 21.1. The van der Waals surface area contributed by atoms with Crippen LogP contribution in [0.4, 0.5) is 5.82 Å². The SMILES string of the molecule is CCOc1ccc2c(C(=O)Nc3ccnn3C(C)c3ccccc3)cc(=O)oc2c1. The summed E-state index contributed by atoms with van der Waals surface area (Å²) in [5.74, 6) is 0.684. The van der Waals surface area contributed by atoms with Crippen molar-refractivity contribution in [1.29, 1.82) is 0 Å². The number of anilines is 1. The van der Waals surface area contributed by atoms with Gasteiger partial charge in [-0.3, -0.25) is 4.79 Å². The van der Waals surface area contributed by atoms with Crippen LogP contribution in [0.25, 0.3) is 11.0 Å². The van der Waals surface area contributed by atoms with Gasteiger partial charge in [-0.25, -0.2) is 9.48 Å². The summed E-state index contributed by atoms with van der Waals surface area (Å²) in [6.07, 6.45) is 1.63. The molecule has 0 bridgehead atoms. The Morgan fingerprint density at radius 1 is 1.17 bits per heavy atom. The first-order valence-electron chi connectivity index (χ1n) is 9.67. The lowest BCUT2D eigenvalue weighted by molar-refractivity contribution is 0.102. The number of rotatable bonds is 6. The van der Waals surface area contributed by atoms with Crippen molar-refractivity contribution in [1.82, 2.24) is 9.78 Å². The monoisotopic (exact) mass is 403 g/mol. The second kappa shape index (κ2) is 8.24. The first-order chi connectivity index (χ1) is 14.6. The Hall–Kier alpha value is -3.87. The summed E-state index contributed by atoms with van der Waals surface area (Å²) in [7, 11) is 0. The fourth-order valence-electron chi connectivity index (χ4n) is 3.37. The highest BCUT2D eigenvalue weighted by atomic mass is 16.5. The molecule has 30 heavy (non-hydrogen) atoms. The van der Waals surface area contributed by atoms with E-state index in [0.29, 0.717) is 29.1 Å². The van der Waals surface area contributed by atoms with Crippen molar-refractivity contribution in [3.63, 3.8) is 0 Å². The van der Waals surface area contributed by atoms with Crippen molar-refractivity contribution in [2.45, 2.75) is 19.9 Å². The summed E-state index contributed by atoms with van der Waals surface area (Å²) in [5.41, 5.74) is 0.979. The van der Waals surface area contributed by atoms with Crippen molar-refractivity contribution in [3.05, 3.63) is 88.4 Å². The van der Waals surface area contributed by atoms with Crippen LogP contribution in [0.3, 0.4) is 0 Å². The molecule has 0 aliphatic heterocycles. The number of aromatic nitrogens is 2. The topological polar surface area (TPSA) is 86.4 Å². The molecule has 0 aliphatic rings. The number of nitrogens with one attached hydrogen (secondary N) is 1. The summed E-state index contributed by atoms with van der Waals surface area (Å²) in [6.45, 7) is 4.35. The van der Waals surface area contributed by atoms with Gasteiger partial charge in [0.25, 0.3) is 5.91 Å². The van der Waals surface area contributed by atoms with E-state index in [9.17, 15) is 9.59 Å². The van der Waals surface area contributed by atoms with E-state index in [1.165, 1.54) is 6.07 Å². The number of fused-ring (bicyclic) bond motifs is 1. The highest BCUT2D eigenvalue weighted by Crippen LogP contribution is 2.25. The van der Waals surface area contributed by atoms with Crippen LogP contribution in [0.5, 0.6) is 5.75 Å². The van der Waals surface area contributed by atoms with Gasteiger partial charge in [-0.2, -0.15) is 5.10 Å². The maximum Gasteiger partial charge on any atom is 0.337 e. The molecule has 152 valence electrons. The van der Waals surface area contributed by atoms with Gasteiger partial charge >= 0.3 is 5.63 Å².